The molecule has 5 nitrogen and oxygen atoms in total. The number of rotatable bonds is 4. The Morgan fingerprint density at radius 1 is 0.892 bits per heavy atom. The fourth-order valence-corrected chi connectivity index (χ4v) is 11.8. The van der Waals surface area contributed by atoms with E-state index in [9.17, 15) is 9.90 Å². The zero-order chi connectivity index (χ0) is 25.0. The smallest absolute Gasteiger partial charge is 0.317 e. The van der Waals surface area contributed by atoms with Crippen LogP contribution in [0, 0.1) is 39.9 Å². The molecule has 0 spiro atoms. The molecule has 8 aliphatic rings. The van der Waals surface area contributed by atoms with Crippen LogP contribution in [0.5, 0.6) is 11.5 Å². The van der Waals surface area contributed by atoms with Crippen molar-refractivity contribution < 1.29 is 14.6 Å². The first-order chi connectivity index (χ1) is 17.8. The molecule has 194 valence electrons. The van der Waals surface area contributed by atoms with Gasteiger partial charge in [0.05, 0.1) is 17.3 Å². The molecule has 2 aromatic rings. The van der Waals surface area contributed by atoms with Crippen LogP contribution in [0.15, 0.2) is 42.7 Å². The second-order valence-corrected chi connectivity index (χ2v) is 14.4. The largest absolute Gasteiger partial charge is 0.506 e. The van der Waals surface area contributed by atoms with Crippen LogP contribution in [0.2, 0.25) is 0 Å². The van der Waals surface area contributed by atoms with E-state index in [0.29, 0.717) is 28.7 Å². The van der Waals surface area contributed by atoms with Crippen molar-refractivity contribution in [1.29, 1.82) is 0 Å². The zero-order valence-corrected chi connectivity index (χ0v) is 21.6. The Balaban J connectivity index is 1.18. The number of hydrogen-bond acceptors (Lipinski definition) is 5. The van der Waals surface area contributed by atoms with E-state index in [1.54, 1.807) is 12.4 Å². The number of aromatic nitrogens is 1. The summed E-state index contributed by atoms with van der Waals surface area (Å²) in [6.45, 7) is 0. The first-order valence-electron chi connectivity index (χ1n) is 14.5. The molecule has 1 aromatic heterocycles. The number of hydrogen-bond donors (Lipinski definition) is 2. The molecule has 4 atom stereocenters. The Hall–Kier alpha value is -2.56. The van der Waals surface area contributed by atoms with Gasteiger partial charge in [-0.15, -0.1) is 0 Å². The summed E-state index contributed by atoms with van der Waals surface area (Å²) in [5, 5.41) is 10.1. The standard InChI is InChI=1S/C32H38N2O3/c33-26-8-24(3-4-27(26)35)29-9-20-6-21(10-29)14-31(13-20,18-29)32-15-22-7-23(16-32)12-30(11-22,19-32)28(36)37-25-2-1-5-34-17-25/h1-5,8,17,20-23,35H,6-7,9-16,18-19,33H2. The molecule has 5 heteroatoms. The lowest BCUT2D eigenvalue weighted by Gasteiger charge is -2.73. The van der Waals surface area contributed by atoms with Gasteiger partial charge in [0.15, 0.2) is 0 Å². The monoisotopic (exact) mass is 498 g/mol. The molecular formula is C32H38N2O3. The lowest BCUT2D eigenvalue weighted by Crippen LogP contribution is -2.66. The van der Waals surface area contributed by atoms with Crippen LogP contribution in [-0.2, 0) is 10.2 Å². The Bertz CT molecular complexity index is 1240. The van der Waals surface area contributed by atoms with Gasteiger partial charge in [0.2, 0.25) is 0 Å². The molecule has 8 saturated carbocycles. The Morgan fingerprint density at radius 3 is 2.16 bits per heavy atom. The molecule has 8 fully saturated rings. The third-order valence-corrected chi connectivity index (χ3v) is 12.2. The Labute approximate surface area is 219 Å². The van der Waals surface area contributed by atoms with Gasteiger partial charge in [0.25, 0.3) is 0 Å². The molecule has 3 N–H and O–H groups in total. The molecule has 8 aliphatic carbocycles. The average molecular weight is 499 g/mol. The van der Waals surface area contributed by atoms with E-state index in [1.807, 2.05) is 18.2 Å². The van der Waals surface area contributed by atoms with Crippen molar-refractivity contribution in [2.45, 2.75) is 82.5 Å². The molecule has 0 aliphatic heterocycles. The summed E-state index contributed by atoms with van der Waals surface area (Å²) in [6, 6.07) is 9.73. The molecule has 10 rings (SSSR count). The van der Waals surface area contributed by atoms with Crippen molar-refractivity contribution in [1.82, 2.24) is 4.98 Å². The number of nitrogens with zero attached hydrogens (tertiary/aromatic N) is 1. The number of aromatic hydroxyl groups is 1. The molecular weight excluding hydrogens is 460 g/mol. The van der Waals surface area contributed by atoms with Crippen molar-refractivity contribution in [3.05, 3.63) is 48.3 Å². The van der Waals surface area contributed by atoms with Crippen molar-refractivity contribution in [2.24, 2.45) is 39.9 Å². The fraction of sp³-hybridized carbons (Fsp3) is 0.625. The van der Waals surface area contributed by atoms with Gasteiger partial charge in [-0.1, -0.05) is 6.07 Å². The highest BCUT2D eigenvalue weighted by Crippen LogP contribution is 2.78. The van der Waals surface area contributed by atoms with Gasteiger partial charge in [-0.25, -0.2) is 0 Å². The van der Waals surface area contributed by atoms with E-state index >= 15 is 0 Å². The third kappa shape index (κ3) is 3.09. The maximum absolute atomic E-state index is 13.9. The fourth-order valence-electron chi connectivity index (χ4n) is 11.8. The van der Waals surface area contributed by atoms with Crippen LogP contribution < -0.4 is 10.5 Å². The third-order valence-electron chi connectivity index (χ3n) is 12.2. The number of carbonyl (C=O) groups is 1. The van der Waals surface area contributed by atoms with E-state index < -0.39 is 0 Å². The summed E-state index contributed by atoms with van der Waals surface area (Å²) in [5.74, 6) is 3.61. The predicted molar refractivity (Wildman–Crippen MR) is 141 cm³/mol. The lowest BCUT2D eigenvalue weighted by molar-refractivity contribution is -0.229. The highest BCUT2D eigenvalue weighted by molar-refractivity contribution is 5.80. The van der Waals surface area contributed by atoms with Crippen LogP contribution in [-0.4, -0.2) is 16.1 Å². The zero-order valence-electron chi connectivity index (χ0n) is 21.6. The van der Waals surface area contributed by atoms with Crippen LogP contribution in [0.1, 0.15) is 82.6 Å². The predicted octanol–water partition coefficient (Wildman–Crippen LogP) is 6.40. The number of phenols is 1. The van der Waals surface area contributed by atoms with Gasteiger partial charge < -0.3 is 15.6 Å². The summed E-state index contributed by atoms with van der Waals surface area (Å²) >= 11 is 0. The molecule has 0 radical (unpaired) electrons. The quantitative estimate of drug-likeness (QED) is 0.289. The minimum absolute atomic E-state index is 0.00437. The number of esters is 1. The highest BCUT2D eigenvalue weighted by Gasteiger charge is 2.71. The Kier molecular flexibility index (Phi) is 4.42. The molecule has 37 heavy (non-hydrogen) atoms. The van der Waals surface area contributed by atoms with Crippen molar-refractivity contribution >= 4 is 11.7 Å². The second-order valence-electron chi connectivity index (χ2n) is 14.4. The number of ether oxygens (including phenoxy) is 1. The Morgan fingerprint density at radius 2 is 1.54 bits per heavy atom. The number of nitrogens with two attached hydrogens (primary N) is 1. The number of phenolic OH excluding ortho intramolecular Hbond substituents is 1. The van der Waals surface area contributed by atoms with Crippen molar-refractivity contribution in [3.8, 4) is 11.5 Å². The van der Waals surface area contributed by atoms with Crippen LogP contribution in [0.3, 0.4) is 0 Å². The molecule has 8 bridgehead atoms. The summed E-state index contributed by atoms with van der Waals surface area (Å²) in [4.78, 5) is 18.1. The minimum atomic E-state index is -0.334. The number of anilines is 1. The van der Waals surface area contributed by atoms with Gasteiger partial charge in [-0.05, 0) is 147 Å². The van der Waals surface area contributed by atoms with E-state index in [-0.39, 0.29) is 28.0 Å². The van der Waals surface area contributed by atoms with Gasteiger partial charge in [-0.2, -0.15) is 0 Å². The lowest BCUT2D eigenvalue weighted by atomic mass is 9.31. The van der Waals surface area contributed by atoms with E-state index in [4.69, 9.17) is 10.5 Å². The maximum Gasteiger partial charge on any atom is 0.317 e. The summed E-state index contributed by atoms with van der Waals surface area (Å²) in [6.07, 6.45) is 18.1. The SMILES string of the molecule is Nc1cc(C23CC4CC(C2)CC(C25CC6CC(CC(C(=O)Oc7cccnc7)(C6)C2)C5)(C4)C3)ccc1O. The van der Waals surface area contributed by atoms with Crippen LogP contribution >= 0.6 is 0 Å². The first kappa shape index (κ1) is 22.4. The van der Waals surface area contributed by atoms with E-state index in [2.05, 4.69) is 17.1 Å². The van der Waals surface area contributed by atoms with E-state index in [0.717, 1.165) is 31.1 Å². The van der Waals surface area contributed by atoms with Gasteiger partial charge in [-0.3, -0.25) is 9.78 Å². The van der Waals surface area contributed by atoms with Gasteiger partial charge >= 0.3 is 5.97 Å². The molecule has 4 unspecified atom stereocenters. The highest BCUT2D eigenvalue weighted by atomic mass is 16.5. The molecule has 1 aromatic carbocycles. The average Bonchev–Trinajstić information content (AvgIpc) is 2.85. The molecule has 0 amide bonds. The number of carbonyl (C=O) groups excluding carboxylic acids is 1. The molecule has 1 heterocycles. The molecule has 0 saturated heterocycles. The maximum atomic E-state index is 13.9. The number of nitrogen functional groups attached to an aromatic ring is 1. The first-order valence-corrected chi connectivity index (χ1v) is 14.5. The summed E-state index contributed by atoms with van der Waals surface area (Å²) < 4.78 is 6.04. The minimum Gasteiger partial charge on any atom is -0.506 e. The van der Waals surface area contributed by atoms with E-state index in [1.165, 1.54) is 63.4 Å². The summed E-state index contributed by atoms with van der Waals surface area (Å²) in [7, 11) is 0. The van der Waals surface area contributed by atoms with Crippen molar-refractivity contribution in [3.63, 3.8) is 0 Å². The topological polar surface area (TPSA) is 85.4 Å². The normalized spacial score (nSPS) is 44.8. The van der Waals surface area contributed by atoms with Gasteiger partial charge in [0.1, 0.15) is 11.5 Å². The van der Waals surface area contributed by atoms with Gasteiger partial charge in [0, 0.05) is 6.20 Å². The van der Waals surface area contributed by atoms with Crippen molar-refractivity contribution in [2.75, 3.05) is 5.73 Å². The number of benzene rings is 1. The second kappa shape index (κ2) is 7.30. The van der Waals surface area contributed by atoms with Crippen LogP contribution in [0.25, 0.3) is 0 Å². The summed E-state index contributed by atoms with van der Waals surface area (Å²) in [5.41, 5.74) is 8.46. The number of pyridine rings is 1. The van der Waals surface area contributed by atoms with Crippen LogP contribution in [0.4, 0.5) is 5.69 Å².